The molecule has 3 aromatic rings. The number of aromatic nitrogens is 4. The zero-order valence-electron chi connectivity index (χ0n) is 11.7. The average Bonchev–Trinajstić information content (AvgIpc) is 3.07. The average molecular weight is 338 g/mol. The molecule has 22 heavy (non-hydrogen) atoms. The van der Waals surface area contributed by atoms with Crippen LogP contribution in [0, 0.1) is 0 Å². The summed E-state index contributed by atoms with van der Waals surface area (Å²) in [5, 5.41) is 13.3. The fraction of sp³-hybridized carbons (Fsp3) is 0.250. The summed E-state index contributed by atoms with van der Waals surface area (Å²) < 4.78 is 24.3. The molecular formula is C12H14N6O2S2. The predicted molar refractivity (Wildman–Crippen MR) is 84.2 cm³/mol. The quantitative estimate of drug-likeness (QED) is 0.708. The highest BCUT2D eigenvalue weighted by atomic mass is 32.2. The fourth-order valence-electron chi connectivity index (χ4n) is 2.05. The molecule has 3 rings (SSSR count). The highest BCUT2D eigenvalue weighted by Gasteiger charge is 2.11. The molecular weight excluding hydrogens is 324 g/mol. The number of rotatable bonds is 5. The van der Waals surface area contributed by atoms with Gasteiger partial charge in [-0.3, -0.25) is 4.68 Å². The van der Waals surface area contributed by atoms with E-state index in [-0.39, 0.29) is 4.21 Å². The molecule has 0 saturated carbocycles. The molecule has 3 aromatic heterocycles. The number of aryl methyl sites for hydroxylation is 1. The number of hydrogen-bond donors (Lipinski definition) is 2. The number of nitrogens with one attached hydrogen (secondary N) is 1. The van der Waals surface area contributed by atoms with Crippen LogP contribution in [0.2, 0.25) is 0 Å². The Morgan fingerprint density at radius 1 is 1.36 bits per heavy atom. The van der Waals surface area contributed by atoms with Gasteiger partial charge < -0.3 is 5.32 Å². The maximum absolute atomic E-state index is 11.2. The summed E-state index contributed by atoms with van der Waals surface area (Å²) >= 11 is 1.18. The molecule has 0 amide bonds. The summed E-state index contributed by atoms with van der Waals surface area (Å²) in [6.07, 6.45) is 3.87. The van der Waals surface area contributed by atoms with Crippen molar-refractivity contribution in [1.29, 1.82) is 0 Å². The highest BCUT2D eigenvalue weighted by Crippen LogP contribution is 2.21. The van der Waals surface area contributed by atoms with E-state index in [4.69, 9.17) is 5.14 Å². The van der Waals surface area contributed by atoms with E-state index in [0.29, 0.717) is 18.8 Å². The van der Waals surface area contributed by atoms with Crippen LogP contribution in [0.3, 0.4) is 0 Å². The van der Waals surface area contributed by atoms with Gasteiger partial charge in [0.15, 0.2) is 5.65 Å². The second-order valence-electron chi connectivity index (χ2n) is 4.67. The number of primary sulfonamides is 1. The first-order valence-corrected chi connectivity index (χ1v) is 8.79. The van der Waals surface area contributed by atoms with Crippen molar-refractivity contribution in [3.05, 3.63) is 29.5 Å². The van der Waals surface area contributed by atoms with Crippen LogP contribution in [-0.2, 0) is 23.5 Å². The molecule has 3 N–H and O–H groups in total. The first-order valence-electron chi connectivity index (χ1n) is 6.43. The molecule has 0 aliphatic rings. The van der Waals surface area contributed by atoms with Crippen LogP contribution in [-0.4, -0.2) is 34.7 Å². The van der Waals surface area contributed by atoms with Gasteiger partial charge in [0.05, 0.1) is 11.6 Å². The van der Waals surface area contributed by atoms with E-state index < -0.39 is 10.0 Å². The minimum atomic E-state index is -3.62. The molecule has 0 saturated heterocycles. The molecule has 0 aliphatic heterocycles. The van der Waals surface area contributed by atoms with Gasteiger partial charge in [0.2, 0.25) is 10.0 Å². The van der Waals surface area contributed by atoms with Crippen molar-refractivity contribution in [3.8, 4) is 0 Å². The maximum Gasteiger partial charge on any atom is 0.247 e. The fourth-order valence-corrected chi connectivity index (χ4v) is 3.83. The van der Waals surface area contributed by atoms with E-state index in [1.807, 2.05) is 7.05 Å². The van der Waals surface area contributed by atoms with E-state index in [2.05, 4.69) is 20.4 Å². The number of fused-ring (bicyclic) bond motifs is 1. The molecule has 3 heterocycles. The van der Waals surface area contributed by atoms with Crippen molar-refractivity contribution < 1.29 is 8.42 Å². The van der Waals surface area contributed by atoms with Gasteiger partial charge in [-0.25, -0.2) is 23.5 Å². The number of nitrogens with two attached hydrogens (primary N) is 1. The predicted octanol–water partition coefficient (Wildman–Crippen LogP) is 0.727. The lowest BCUT2D eigenvalue weighted by Gasteiger charge is -2.05. The maximum atomic E-state index is 11.2. The first-order chi connectivity index (χ1) is 10.4. The van der Waals surface area contributed by atoms with E-state index in [1.54, 1.807) is 16.9 Å². The Bertz CT molecular complexity index is 915. The molecule has 0 aliphatic carbocycles. The third kappa shape index (κ3) is 2.93. The van der Waals surface area contributed by atoms with Crippen LogP contribution in [0.5, 0.6) is 0 Å². The van der Waals surface area contributed by atoms with Crippen molar-refractivity contribution in [2.24, 2.45) is 12.2 Å². The smallest absolute Gasteiger partial charge is 0.247 e. The molecule has 0 fully saturated rings. The third-order valence-electron chi connectivity index (χ3n) is 3.11. The van der Waals surface area contributed by atoms with Crippen molar-refractivity contribution in [3.63, 3.8) is 0 Å². The SMILES string of the molecule is Cn1ncc2c(NCCc3ccc(S(N)(=O)=O)s3)ncnc21. The molecule has 0 unspecified atom stereocenters. The van der Waals surface area contributed by atoms with Gasteiger partial charge in [-0.15, -0.1) is 11.3 Å². The van der Waals surface area contributed by atoms with Gasteiger partial charge in [0, 0.05) is 18.5 Å². The molecule has 10 heteroatoms. The molecule has 0 atom stereocenters. The standard InChI is InChI=1S/C12H14N6O2S2/c1-18-12-9(6-17-18)11(15-7-16-12)14-5-4-8-2-3-10(21-8)22(13,19)20/h2-3,6-7H,4-5H2,1H3,(H2,13,19,20)(H,14,15,16). The summed E-state index contributed by atoms with van der Waals surface area (Å²) in [6.45, 7) is 0.617. The Labute approximate surface area is 131 Å². The van der Waals surface area contributed by atoms with Crippen molar-refractivity contribution in [2.75, 3.05) is 11.9 Å². The van der Waals surface area contributed by atoms with Gasteiger partial charge in [-0.2, -0.15) is 5.10 Å². The molecule has 0 spiro atoms. The topological polar surface area (TPSA) is 116 Å². The van der Waals surface area contributed by atoms with E-state index in [0.717, 1.165) is 15.9 Å². The summed E-state index contributed by atoms with van der Waals surface area (Å²) in [5.41, 5.74) is 0.755. The molecule has 0 aromatic carbocycles. The summed E-state index contributed by atoms with van der Waals surface area (Å²) in [6, 6.07) is 3.30. The van der Waals surface area contributed by atoms with Crippen LogP contribution in [0.25, 0.3) is 11.0 Å². The van der Waals surface area contributed by atoms with Gasteiger partial charge in [-0.05, 0) is 18.6 Å². The second-order valence-corrected chi connectivity index (χ2v) is 7.63. The zero-order valence-corrected chi connectivity index (χ0v) is 13.4. The Morgan fingerprint density at radius 3 is 2.91 bits per heavy atom. The van der Waals surface area contributed by atoms with Crippen LogP contribution < -0.4 is 10.5 Å². The minimum absolute atomic E-state index is 0.180. The van der Waals surface area contributed by atoms with Gasteiger partial charge in [0.1, 0.15) is 16.4 Å². The summed E-state index contributed by atoms with van der Waals surface area (Å²) in [5.74, 6) is 0.710. The first kappa shape index (κ1) is 14.9. The lowest BCUT2D eigenvalue weighted by molar-refractivity contribution is 0.600. The van der Waals surface area contributed by atoms with Crippen LogP contribution in [0.4, 0.5) is 5.82 Å². The van der Waals surface area contributed by atoms with Gasteiger partial charge >= 0.3 is 0 Å². The molecule has 8 nitrogen and oxygen atoms in total. The third-order valence-corrected chi connectivity index (χ3v) is 5.69. The number of nitrogens with zero attached hydrogens (tertiary/aromatic N) is 4. The summed E-state index contributed by atoms with van der Waals surface area (Å²) in [7, 11) is -1.80. The van der Waals surface area contributed by atoms with E-state index in [1.165, 1.54) is 23.7 Å². The molecule has 116 valence electrons. The Morgan fingerprint density at radius 2 is 2.18 bits per heavy atom. The van der Waals surface area contributed by atoms with Crippen LogP contribution >= 0.6 is 11.3 Å². The number of sulfonamides is 1. The van der Waals surface area contributed by atoms with Gasteiger partial charge in [0.25, 0.3) is 0 Å². The highest BCUT2D eigenvalue weighted by molar-refractivity contribution is 7.91. The van der Waals surface area contributed by atoms with Crippen LogP contribution in [0.1, 0.15) is 4.88 Å². The minimum Gasteiger partial charge on any atom is -0.369 e. The Kier molecular flexibility index (Phi) is 3.81. The zero-order chi connectivity index (χ0) is 15.7. The van der Waals surface area contributed by atoms with Crippen molar-refractivity contribution >= 4 is 38.2 Å². The van der Waals surface area contributed by atoms with E-state index >= 15 is 0 Å². The number of anilines is 1. The molecule has 0 radical (unpaired) electrons. The lowest BCUT2D eigenvalue weighted by atomic mass is 10.3. The van der Waals surface area contributed by atoms with Crippen LogP contribution in [0.15, 0.2) is 28.9 Å². The van der Waals surface area contributed by atoms with Crippen molar-refractivity contribution in [1.82, 2.24) is 19.7 Å². The number of hydrogen-bond acceptors (Lipinski definition) is 7. The number of thiophene rings is 1. The normalized spacial score (nSPS) is 11.9. The Balaban J connectivity index is 1.69. The lowest BCUT2D eigenvalue weighted by Crippen LogP contribution is -2.10. The van der Waals surface area contributed by atoms with E-state index in [9.17, 15) is 8.42 Å². The Hall–Kier alpha value is -2.04. The summed E-state index contributed by atoms with van der Waals surface area (Å²) in [4.78, 5) is 9.31. The van der Waals surface area contributed by atoms with Crippen molar-refractivity contribution in [2.45, 2.75) is 10.6 Å². The van der Waals surface area contributed by atoms with Gasteiger partial charge in [-0.1, -0.05) is 0 Å². The molecule has 0 bridgehead atoms. The second kappa shape index (κ2) is 5.63. The largest absolute Gasteiger partial charge is 0.369 e. The monoisotopic (exact) mass is 338 g/mol.